The van der Waals surface area contributed by atoms with Gasteiger partial charge in [0.2, 0.25) is 0 Å². The summed E-state index contributed by atoms with van der Waals surface area (Å²) in [5, 5.41) is 2.96. The maximum atomic E-state index is 13.1. The normalized spacial score (nSPS) is 12.0. The van der Waals surface area contributed by atoms with Crippen LogP contribution in [0.4, 0.5) is 14.5 Å². The Labute approximate surface area is 133 Å². The number of hydrogen-bond acceptors (Lipinski definition) is 2. The zero-order chi connectivity index (χ0) is 16.3. The van der Waals surface area contributed by atoms with Crippen molar-refractivity contribution in [2.75, 3.05) is 11.6 Å². The molecule has 2 aromatic rings. The third kappa shape index (κ3) is 4.35. The van der Waals surface area contributed by atoms with Crippen LogP contribution in [0.2, 0.25) is 5.02 Å². The lowest BCUT2D eigenvalue weighted by Gasteiger charge is -2.09. The first kappa shape index (κ1) is 16.6. The van der Waals surface area contributed by atoms with Gasteiger partial charge in [0.1, 0.15) is 11.6 Å². The van der Waals surface area contributed by atoms with Crippen molar-refractivity contribution >= 4 is 34.0 Å². The van der Waals surface area contributed by atoms with Gasteiger partial charge in [-0.15, -0.1) is 0 Å². The molecule has 1 atom stereocenters. The van der Waals surface area contributed by atoms with Crippen molar-refractivity contribution in [2.45, 2.75) is 5.75 Å². The molecule has 0 saturated carbocycles. The van der Waals surface area contributed by atoms with Gasteiger partial charge in [-0.2, -0.15) is 0 Å². The molecular formula is C15H12ClF2NO2S. The standard InChI is InChI=1S/C15H12ClF2NO2S/c1-22(21)8-10-6-13(2-3-14(10)16)19-15(20)9-4-11(17)7-12(18)5-9/h2-7H,8H2,1H3,(H,19,20)/t22-/m1/s1. The molecule has 0 heterocycles. The molecular weight excluding hydrogens is 332 g/mol. The van der Waals surface area contributed by atoms with E-state index in [2.05, 4.69) is 5.32 Å². The van der Waals surface area contributed by atoms with Crippen molar-refractivity contribution in [3.8, 4) is 0 Å². The fraction of sp³-hybridized carbons (Fsp3) is 0.133. The number of carbonyl (C=O) groups excluding carboxylic acids is 1. The summed E-state index contributed by atoms with van der Waals surface area (Å²) in [5.41, 5.74) is 0.887. The van der Waals surface area contributed by atoms with Gasteiger partial charge in [-0.05, 0) is 35.9 Å². The fourth-order valence-corrected chi connectivity index (χ4v) is 2.81. The van der Waals surface area contributed by atoms with Gasteiger partial charge in [0, 0.05) is 45.1 Å². The quantitative estimate of drug-likeness (QED) is 0.919. The maximum absolute atomic E-state index is 13.1. The summed E-state index contributed by atoms with van der Waals surface area (Å²) in [4.78, 5) is 12.0. The van der Waals surface area contributed by atoms with Gasteiger partial charge in [0.25, 0.3) is 5.91 Å². The molecule has 3 nitrogen and oxygen atoms in total. The number of halogens is 3. The fourth-order valence-electron chi connectivity index (χ4n) is 1.87. The largest absolute Gasteiger partial charge is 0.322 e. The zero-order valence-electron chi connectivity index (χ0n) is 11.5. The first-order valence-corrected chi connectivity index (χ1v) is 8.31. The molecule has 22 heavy (non-hydrogen) atoms. The monoisotopic (exact) mass is 343 g/mol. The van der Waals surface area contributed by atoms with E-state index < -0.39 is 28.3 Å². The molecule has 1 N–H and O–H groups in total. The highest BCUT2D eigenvalue weighted by molar-refractivity contribution is 7.83. The van der Waals surface area contributed by atoms with Crippen LogP contribution >= 0.6 is 11.6 Å². The first-order chi connectivity index (χ1) is 10.3. The van der Waals surface area contributed by atoms with Crippen LogP contribution in [0.1, 0.15) is 15.9 Å². The van der Waals surface area contributed by atoms with Crippen molar-refractivity contribution in [1.29, 1.82) is 0 Å². The summed E-state index contributed by atoms with van der Waals surface area (Å²) >= 11 is 5.99. The Morgan fingerprint density at radius 2 is 1.82 bits per heavy atom. The summed E-state index contributed by atoms with van der Waals surface area (Å²) in [7, 11) is -1.09. The van der Waals surface area contributed by atoms with Crippen LogP contribution in [0.25, 0.3) is 0 Å². The lowest BCUT2D eigenvalue weighted by atomic mass is 10.1. The Bertz CT molecular complexity index is 732. The molecule has 116 valence electrons. The van der Waals surface area contributed by atoms with Crippen molar-refractivity contribution in [3.63, 3.8) is 0 Å². The van der Waals surface area contributed by atoms with E-state index in [-0.39, 0.29) is 11.3 Å². The molecule has 0 bridgehead atoms. The van der Waals surface area contributed by atoms with Gasteiger partial charge in [-0.25, -0.2) is 8.78 Å². The summed E-state index contributed by atoms with van der Waals surface area (Å²) in [6.07, 6.45) is 1.54. The number of benzene rings is 2. The average Bonchev–Trinajstić information content (AvgIpc) is 2.41. The number of hydrogen-bond donors (Lipinski definition) is 1. The minimum atomic E-state index is -1.09. The van der Waals surface area contributed by atoms with Crippen LogP contribution in [0.3, 0.4) is 0 Å². The lowest BCUT2D eigenvalue weighted by molar-refractivity contribution is 0.102. The molecule has 2 aromatic carbocycles. The SMILES string of the molecule is C[S@@](=O)Cc1cc(NC(=O)c2cc(F)cc(F)c2)ccc1Cl. The molecule has 0 aliphatic heterocycles. The van der Waals surface area contributed by atoms with Gasteiger partial charge in [-0.1, -0.05) is 11.6 Å². The highest BCUT2D eigenvalue weighted by Gasteiger charge is 2.11. The molecule has 0 fully saturated rings. The van der Waals surface area contributed by atoms with E-state index in [0.717, 1.165) is 12.1 Å². The van der Waals surface area contributed by atoms with Crippen LogP contribution in [0.15, 0.2) is 36.4 Å². The number of amides is 1. The molecule has 0 aliphatic rings. The third-order valence-corrected chi connectivity index (χ3v) is 3.87. The van der Waals surface area contributed by atoms with Crippen molar-refractivity contribution in [1.82, 2.24) is 0 Å². The minimum absolute atomic E-state index is 0.131. The maximum Gasteiger partial charge on any atom is 0.255 e. The summed E-state index contributed by atoms with van der Waals surface area (Å²) in [6.45, 7) is 0. The van der Waals surface area contributed by atoms with Crippen LogP contribution in [-0.4, -0.2) is 16.4 Å². The second kappa shape index (κ2) is 6.98. The van der Waals surface area contributed by atoms with Crippen LogP contribution < -0.4 is 5.32 Å². The number of anilines is 1. The molecule has 0 spiro atoms. The van der Waals surface area contributed by atoms with Crippen LogP contribution in [-0.2, 0) is 16.6 Å². The van der Waals surface area contributed by atoms with E-state index in [1.54, 1.807) is 18.2 Å². The van der Waals surface area contributed by atoms with E-state index in [1.165, 1.54) is 6.26 Å². The van der Waals surface area contributed by atoms with E-state index in [9.17, 15) is 17.8 Å². The molecule has 0 saturated heterocycles. The van der Waals surface area contributed by atoms with E-state index in [4.69, 9.17) is 11.6 Å². The van der Waals surface area contributed by atoms with E-state index >= 15 is 0 Å². The summed E-state index contributed by atoms with van der Waals surface area (Å²) in [6, 6.07) is 7.27. The minimum Gasteiger partial charge on any atom is -0.322 e. The second-order valence-electron chi connectivity index (χ2n) is 4.64. The zero-order valence-corrected chi connectivity index (χ0v) is 13.1. The Morgan fingerprint density at radius 3 is 2.41 bits per heavy atom. The van der Waals surface area contributed by atoms with Crippen molar-refractivity contribution in [3.05, 3.63) is 64.2 Å². The van der Waals surface area contributed by atoms with Crippen LogP contribution in [0.5, 0.6) is 0 Å². The average molecular weight is 344 g/mol. The summed E-state index contributed by atoms with van der Waals surface area (Å²) in [5.74, 6) is -2.06. The Kier molecular flexibility index (Phi) is 5.26. The molecule has 7 heteroatoms. The van der Waals surface area contributed by atoms with Gasteiger partial charge in [0.05, 0.1) is 0 Å². The van der Waals surface area contributed by atoms with Crippen molar-refractivity contribution in [2.24, 2.45) is 0 Å². The Morgan fingerprint density at radius 1 is 1.18 bits per heavy atom. The topological polar surface area (TPSA) is 46.2 Å². The van der Waals surface area contributed by atoms with E-state index in [1.807, 2.05) is 0 Å². The predicted octanol–water partition coefficient (Wildman–Crippen LogP) is 3.75. The molecule has 0 aromatic heterocycles. The van der Waals surface area contributed by atoms with Gasteiger partial charge in [-0.3, -0.25) is 9.00 Å². The molecule has 2 rings (SSSR count). The molecule has 1 amide bonds. The predicted molar refractivity (Wildman–Crippen MR) is 83.5 cm³/mol. The molecule has 0 unspecified atom stereocenters. The highest BCUT2D eigenvalue weighted by atomic mass is 35.5. The van der Waals surface area contributed by atoms with Crippen molar-refractivity contribution < 1.29 is 17.8 Å². The second-order valence-corrected chi connectivity index (χ2v) is 6.48. The summed E-state index contributed by atoms with van der Waals surface area (Å²) < 4.78 is 37.5. The number of rotatable bonds is 4. The first-order valence-electron chi connectivity index (χ1n) is 6.21. The highest BCUT2D eigenvalue weighted by Crippen LogP contribution is 2.22. The van der Waals surface area contributed by atoms with E-state index in [0.29, 0.717) is 22.3 Å². The van der Waals surface area contributed by atoms with Crippen LogP contribution in [0, 0.1) is 11.6 Å². The molecule has 0 radical (unpaired) electrons. The lowest BCUT2D eigenvalue weighted by Crippen LogP contribution is -2.13. The Balaban J connectivity index is 2.22. The number of carbonyl (C=O) groups is 1. The molecule has 0 aliphatic carbocycles. The number of nitrogens with one attached hydrogen (secondary N) is 1. The van der Waals surface area contributed by atoms with Gasteiger partial charge < -0.3 is 5.32 Å². The van der Waals surface area contributed by atoms with Gasteiger partial charge in [0.15, 0.2) is 0 Å². The third-order valence-electron chi connectivity index (χ3n) is 2.79. The smallest absolute Gasteiger partial charge is 0.255 e. The van der Waals surface area contributed by atoms with Gasteiger partial charge >= 0.3 is 0 Å². The Hall–Kier alpha value is -1.79.